The molecule has 0 spiro atoms. The van der Waals surface area contributed by atoms with Gasteiger partial charge in [-0.2, -0.15) is 0 Å². The molecule has 0 saturated heterocycles. The van der Waals surface area contributed by atoms with Crippen molar-refractivity contribution in [3.63, 3.8) is 0 Å². The second kappa shape index (κ2) is 6.48. The SMILES string of the molecule is CCc1cc(CN[C@@H](C)Cc2ccc(F)cc2)on1. The Balaban J connectivity index is 1.81. The van der Waals surface area contributed by atoms with Crippen molar-refractivity contribution in [2.24, 2.45) is 0 Å². The van der Waals surface area contributed by atoms with Gasteiger partial charge in [-0.1, -0.05) is 24.2 Å². The predicted octanol–water partition coefficient (Wildman–Crippen LogP) is 3.10. The molecule has 0 aliphatic rings. The van der Waals surface area contributed by atoms with E-state index in [0.29, 0.717) is 12.6 Å². The minimum atomic E-state index is -0.196. The highest BCUT2D eigenvalue weighted by Gasteiger charge is 2.06. The van der Waals surface area contributed by atoms with E-state index < -0.39 is 0 Å². The molecule has 1 aromatic heterocycles. The molecule has 0 unspecified atom stereocenters. The monoisotopic (exact) mass is 262 g/mol. The molecule has 0 fully saturated rings. The van der Waals surface area contributed by atoms with Gasteiger partial charge in [0.1, 0.15) is 5.82 Å². The van der Waals surface area contributed by atoms with Gasteiger partial charge in [-0.25, -0.2) is 4.39 Å². The zero-order valence-electron chi connectivity index (χ0n) is 11.3. The van der Waals surface area contributed by atoms with Crippen LogP contribution in [0.4, 0.5) is 4.39 Å². The number of aryl methyl sites for hydroxylation is 1. The lowest BCUT2D eigenvalue weighted by Crippen LogP contribution is -2.27. The van der Waals surface area contributed by atoms with Crippen LogP contribution in [0.15, 0.2) is 34.9 Å². The third-order valence-electron chi connectivity index (χ3n) is 3.05. The summed E-state index contributed by atoms with van der Waals surface area (Å²) >= 11 is 0. The van der Waals surface area contributed by atoms with Crippen LogP contribution < -0.4 is 5.32 Å². The van der Waals surface area contributed by atoms with Crippen LogP contribution in [0.3, 0.4) is 0 Å². The normalized spacial score (nSPS) is 12.6. The fourth-order valence-corrected chi connectivity index (χ4v) is 1.93. The molecule has 2 aromatic rings. The minimum Gasteiger partial charge on any atom is -0.360 e. The smallest absolute Gasteiger partial charge is 0.150 e. The highest BCUT2D eigenvalue weighted by Crippen LogP contribution is 2.07. The van der Waals surface area contributed by atoms with Crippen molar-refractivity contribution in [2.75, 3.05) is 0 Å². The zero-order chi connectivity index (χ0) is 13.7. The average molecular weight is 262 g/mol. The van der Waals surface area contributed by atoms with Crippen LogP contribution in [0.5, 0.6) is 0 Å². The Labute approximate surface area is 112 Å². The third-order valence-corrected chi connectivity index (χ3v) is 3.05. The van der Waals surface area contributed by atoms with Crippen LogP contribution in [0.1, 0.15) is 30.9 Å². The maximum absolute atomic E-state index is 12.8. The molecule has 0 amide bonds. The molecule has 1 atom stereocenters. The fourth-order valence-electron chi connectivity index (χ4n) is 1.93. The highest BCUT2D eigenvalue weighted by molar-refractivity contribution is 5.17. The summed E-state index contributed by atoms with van der Waals surface area (Å²) in [5, 5.41) is 7.32. The molecule has 0 aliphatic carbocycles. The third kappa shape index (κ3) is 4.17. The number of aromatic nitrogens is 1. The van der Waals surface area contributed by atoms with Crippen molar-refractivity contribution in [1.29, 1.82) is 0 Å². The topological polar surface area (TPSA) is 38.1 Å². The van der Waals surface area contributed by atoms with E-state index in [-0.39, 0.29) is 5.82 Å². The van der Waals surface area contributed by atoms with Gasteiger partial charge in [0.2, 0.25) is 0 Å². The summed E-state index contributed by atoms with van der Waals surface area (Å²) in [7, 11) is 0. The fraction of sp³-hybridized carbons (Fsp3) is 0.400. The summed E-state index contributed by atoms with van der Waals surface area (Å²) in [5.41, 5.74) is 2.09. The van der Waals surface area contributed by atoms with Gasteiger partial charge in [0.15, 0.2) is 5.76 Å². The average Bonchev–Trinajstić information content (AvgIpc) is 2.87. The van der Waals surface area contributed by atoms with E-state index in [2.05, 4.69) is 17.4 Å². The Bertz CT molecular complexity index is 507. The zero-order valence-corrected chi connectivity index (χ0v) is 11.3. The lowest BCUT2D eigenvalue weighted by atomic mass is 10.1. The number of hydrogen-bond donors (Lipinski definition) is 1. The van der Waals surface area contributed by atoms with Gasteiger partial charge in [-0.05, 0) is 37.5 Å². The van der Waals surface area contributed by atoms with Gasteiger partial charge in [0, 0.05) is 12.1 Å². The van der Waals surface area contributed by atoms with Crippen molar-refractivity contribution in [1.82, 2.24) is 10.5 Å². The number of halogens is 1. The summed E-state index contributed by atoms with van der Waals surface area (Å²) in [6.07, 6.45) is 1.74. The predicted molar refractivity (Wildman–Crippen MR) is 72.3 cm³/mol. The van der Waals surface area contributed by atoms with Crippen LogP contribution in [0, 0.1) is 5.82 Å². The van der Waals surface area contributed by atoms with Crippen molar-refractivity contribution in [3.05, 3.63) is 53.2 Å². The summed E-state index contributed by atoms with van der Waals surface area (Å²) in [4.78, 5) is 0. The Kier molecular flexibility index (Phi) is 4.68. The van der Waals surface area contributed by atoms with Gasteiger partial charge in [0.05, 0.1) is 12.2 Å². The molecule has 0 bridgehead atoms. The molecule has 0 radical (unpaired) electrons. The Morgan fingerprint density at radius 3 is 2.68 bits per heavy atom. The number of rotatable bonds is 6. The maximum atomic E-state index is 12.8. The molecule has 1 N–H and O–H groups in total. The molecule has 19 heavy (non-hydrogen) atoms. The second-order valence-electron chi connectivity index (χ2n) is 4.75. The minimum absolute atomic E-state index is 0.196. The molecule has 102 valence electrons. The Hall–Kier alpha value is -1.68. The molecule has 0 saturated carbocycles. The van der Waals surface area contributed by atoms with Gasteiger partial charge in [-0.3, -0.25) is 0 Å². The molecular weight excluding hydrogens is 243 g/mol. The molecule has 1 heterocycles. The summed E-state index contributed by atoms with van der Waals surface area (Å²) in [6.45, 7) is 4.81. The molecule has 4 heteroatoms. The second-order valence-corrected chi connectivity index (χ2v) is 4.75. The maximum Gasteiger partial charge on any atom is 0.150 e. The number of nitrogens with zero attached hydrogens (tertiary/aromatic N) is 1. The first-order chi connectivity index (χ1) is 9.17. The number of hydrogen-bond acceptors (Lipinski definition) is 3. The van der Waals surface area contributed by atoms with Crippen LogP contribution in [0.25, 0.3) is 0 Å². The van der Waals surface area contributed by atoms with Crippen molar-refractivity contribution in [3.8, 4) is 0 Å². The van der Waals surface area contributed by atoms with Gasteiger partial charge >= 0.3 is 0 Å². The van der Waals surface area contributed by atoms with Gasteiger partial charge < -0.3 is 9.84 Å². The lowest BCUT2D eigenvalue weighted by molar-refractivity contribution is 0.360. The van der Waals surface area contributed by atoms with Crippen molar-refractivity contribution >= 4 is 0 Å². The molecule has 3 nitrogen and oxygen atoms in total. The summed E-state index contributed by atoms with van der Waals surface area (Å²) in [5.74, 6) is 0.654. The lowest BCUT2D eigenvalue weighted by Gasteiger charge is -2.12. The van der Waals surface area contributed by atoms with Crippen molar-refractivity contribution < 1.29 is 8.91 Å². The van der Waals surface area contributed by atoms with E-state index in [1.807, 2.05) is 25.1 Å². The molecule has 2 rings (SSSR count). The van der Waals surface area contributed by atoms with E-state index in [0.717, 1.165) is 29.9 Å². The molecular formula is C15H19FN2O. The Morgan fingerprint density at radius 1 is 1.32 bits per heavy atom. The van der Waals surface area contributed by atoms with Crippen LogP contribution in [-0.2, 0) is 19.4 Å². The molecule has 0 aliphatic heterocycles. The van der Waals surface area contributed by atoms with Gasteiger partial charge in [-0.15, -0.1) is 0 Å². The molecule has 1 aromatic carbocycles. The standard InChI is InChI=1S/C15H19FN2O/c1-3-14-9-15(19-18-14)10-17-11(2)8-12-4-6-13(16)7-5-12/h4-7,9,11,17H,3,8,10H2,1-2H3/t11-/m0/s1. The first-order valence-electron chi connectivity index (χ1n) is 6.59. The number of benzene rings is 1. The van der Waals surface area contributed by atoms with E-state index in [1.165, 1.54) is 12.1 Å². The summed E-state index contributed by atoms with van der Waals surface area (Å²) in [6, 6.07) is 8.88. The largest absolute Gasteiger partial charge is 0.360 e. The highest BCUT2D eigenvalue weighted by atomic mass is 19.1. The van der Waals surface area contributed by atoms with Crippen LogP contribution >= 0.6 is 0 Å². The van der Waals surface area contributed by atoms with E-state index in [4.69, 9.17) is 4.52 Å². The van der Waals surface area contributed by atoms with Gasteiger partial charge in [0.25, 0.3) is 0 Å². The van der Waals surface area contributed by atoms with Crippen molar-refractivity contribution in [2.45, 2.75) is 39.3 Å². The Morgan fingerprint density at radius 2 is 2.05 bits per heavy atom. The first-order valence-corrected chi connectivity index (χ1v) is 6.59. The van der Waals surface area contributed by atoms with E-state index in [1.54, 1.807) is 0 Å². The number of nitrogens with one attached hydrogen (secondary N) is 1. The first kappa shape index (κ1) is 13.7. The van der Waals surface area contributed by atoms with E-state index in [9.17, 15) is 4.39 Å². The summed E-state index contributed by atoms with van der Waals surface area (Å²) < 4.78 is 18.0. The van der Waals surface area contributed by atoms with Crippen LogP contribution in [0.2, 0.25) is 0 Å². The van der Waals surface area contributed by atoms with Crippen LogP contribution in [-0.4, -0.2) is 11.2 Å². The van der Waals surface area contributed by atoms with E-state index >= 15 is 0 Å². The quantitative estimate of drug-likeness (QED) is 0.869.